The van der Waals surface area contributed by atoms with Crippen molar-refractivity contribution in [3.63, 3.8) is 0 Å². The van der Waals surface area contributed by atoms with Crippen LogP contribution in [-0.4, -0.2) is 55.1 Å². The van der Waals surface area contributed by atoms with Crippen LogP contribution in [0.25, 0.3) is 0 Å². The number of rotatable bonds is 13. The molecule has 0 spiro atoms. The molecule has 2 amide bonds. The van der Waals surface area contributed by atoms with Crippen molar-refractivity contribution in [2.24, 2.45) is 0 Å². The second-order valence-electron chi connectivity index (χ2n) is 10.4. The minimum Gasteiger partial charge on any atom is -0.354 e. The maximum absolute atomic E-state index is 13.8. The molecule has 0 saturated carbocycles. The Kier molecular flexibility index (Phi) is 11.0. The maximum atomic E-state index is 13.8. The van der Waals surface area contributed by atoms with Gasteiger partial charge >= 0.3 is 0 Å². The molecular weight excluding hydrogens is 558 g/mol. The van der Waals surface area contributed by atoms with Crippen molar-refractivity contribution >= 4 is 33.4 Å². The molecule has 9 heteroatoms. The number of halogens is 1. The lowest BCUT2D eigenvalue weighted by Gasteiger charge is -2.31. The Morgan fingerprint density at radius 3 is 2.17 bits per heavy atom. The number of aryl methyl sites for hydroxylation is 1. The topological polar surface area (TPSA) is 86.8 Å². The third-order valence-electron chi connectivity index (χ3n) is 7.34. The Morgan fingerprint density at radius 2 is 1.54 bits per heavy atom. The predicted molar refractivity (Wildman–Crippen MR) is 162 cm³/mol. The van der Waals surface area contributed by atoms with Crippen molar-refractivity contribution in [1.82, 2.24) is 14.5 Å². The van der Waals surface area contributed by atoms with Crippen molar-refractivity contribution in [2.75, 3.05) is 19.6 Å². The first-order valence-electron chi connectivity index (χ1n) is 14.2. The van der Waals surface area contributed by atoms with Crippen molar-refractivity contribution in [3.05, 3.63) is 101 Å². The number of benzene rings is 3. The summed E-state index contributed by atoms with van der Waals surface area (Å²) in [5.74, 6) is -0.337. The summed E-state index contributed by atoms with van der Waals surface area (Å²) in [5, 5.41) is 3.59. The molecule has 0 bridgehead atoms. The second kappa shape index (κ2) is 14.6. The lowest BCUT2D eigenvalue weighted by Crippen LogP contribution is -2.50. The lowest BCUT2D eigenvalue weighted by atomic mass is 10.0. The Bertz CT molecular complexity index is 1390. The Hall–Kier alpha value is -3.20. The third kappa shape index (κ3) is 8.41. The third-order valence-corrected chi connectivity index (χ3v) is 9.51. The van der Waals surface area contributed by atoms with Crippen LogP contribution in [0.1, 0.15) is 49.3 Å². The van der Waals surface area contributed by atoms with Crippen LogP contribution in [0, 0.1) is 0 Å². The molecule has 41 heavy (non-hydrogen) atoms. The van der Waals surface area contributed by atoms with E-state index in [1.807, 2.05) is 49.4 Å². The van der Waals surface area contributed by atoms with E-state index in [9.17, 15) is 18.0 Å². The average molecular weight is 596 g/mol. The lowest BCUT2D eigenvalue weighted by molar-refractivity contribution is -0.141. The van der Waals surface area contributed by atoms with Crippen LogP contribution in [0.2, 0.25) is 5.02 Å². The van der Waals surface area contributed by atoms with Crippen LogP contribution in [0.3, 0.4) is 0 Å². The van der Waals surface area contributed by atoms with Gasteiger partial charge in [-0.15, -0.1) is 0 Å². The fraction of sp³-hybridized carbons (Fsp3) is 0.375. The van der Waals surface area contributed by atoms with E-state index in [-0.39, 0.29) is 29.7 Å². The highest BCUT2D eigenvalue weighted by Crippen LogP contribution is 2.22. The molecule has 0 unspecified atom stereocenters. The molecule has 0 aromatic heterocycles. The van der Waals surface area contributed by atoms with Gasteiger partial charge < -0.3 is 10.2 Å². The van der Waals surface area contributed by atoms with Crippen molar-refractivity contribution in [2.45, 2.75) is 62.9 Å². The zero-order valence-corrected chi connectivity index (χ0v) is 25.0. The summed E-state index contributed by atoms with van der Waals surface area (Å²) in [4.78, 5) is 29.2. The molecule has 1 aliphatic rings. The summed E-state index contributed by atoms with van der Waals surface area (Å²) in [6.45, 7) is 3.89. The summed E-state index contributed by atoms with van der Waals surface area (Å²) >= 11 is 6.10. The van der Waals surface area contributed by atoms with E-state index < -0.39 is 16.1 Å². The molecule has 1 saturated heterocycles. The van der Waals surface area contributed by atoms with E-state index in [1.165, 1.54) is 4.31 Å². The monoisotopic (exact) mass is 595 g/mol. The maximum Gasteiger partial charge on any atom is 0.243 e. The number of amides is 2. The van der Waals surface area contributed by atoms with Gasteiger partial charge in [0.1, 0.15) is 6.04 Å². The quantitative estimate of drug-likeness (QED) is 0.293. The Morgan fingerprint density at radius 1 is 0.902 bits per heavy atom. The molecule has 0 radical (unpaired) electrons. The molecule has 1 aliphatic heterocycles. The molecule has 1 fully saturated rings. The molecule has 1 heterocycles. The number of carbonyl (C=O) groups excluding carboxylic acids is 2. The van der Waals surface area contributed by atoms with E-state index in [1.54, 1.807) is 41.3 Å². The highest BCUT2D eigenvalue weighted by Gasteiger charge is 2.30. The van der Waals surface area contributed by atoms with Gasteiger partial charge in [-0.05, 0) is 66.6 Å². The SMILES string of the molecule is CCCNC(=O)[C@@H](Cc1ccccc1)N(Cc1ccc(Cl)cc1)C(=O)CCc1ccc(S(=O)(=O)N2CCCC2)cc1. The van der Waals surface area contributed by atoms with Gasteiger partial charge in [-0.25, -0.2) is 8.42 Å². The van der Waals surface area contributed by atoms with Crippen LogP contribution in [-0.2, 0) is 39.0 Å². The first-order chi connectivity index (χ1) is 19.8. The first kappa shape index (κ1) is 30.8. The zero-order chi connectivity index (χ0) is 29.2. The van der Waals surface area contributed by atoms with Crippen LogP contribution in [0.15, 0.2) is 83.8 Å². The fourth-order valence-electron chi connectivity index (χ4n) is 5.01. The Balaban J connectivity index is 1.54. The number of nitrogens with one attached hydrogen (secondary N) is 1. The van der Waals surface area contributed by atoms with Gasteiger partial charge in [0.2, 0.25) is 21.8 Å². The largest absolute Gasteiger partial charge is 0.354 e. The van der Waals surface area contributed by atoms with Gasteiger partial charge in [0.25, 0.3) is 0 Å². The Labute approximate surface area is 248 Å². The van der Waals surface area contributed by atoms with Crippen LogP contribution in [0.5, 0.6) is 0 Å². The van der Waals surface area contributed by atoms with E-state index in [0.717, 1.165) is 36.0 Å². The smallest absolute Gasteiger partial charge is 0.243 e. The van der Waals surface area contributed by atoms with Crippen LogP contribution >= 0.6 is 11.6 Å². The average Bonchev–Trinajstić information content (AvgIpc) is 3.54. The van der Waals surface area contributed by atoms with Crippen molar-refractivity contribution in [1.29, 1.82) is 0 Å². The molecule has 1 atom stereocenters. The van der Waals surface area contributed by atoms with E-state index in [2.05, 4.69) is 5.32 Å². The summed E-state index contributed by atoms with van der Waals surface area (Å²) in [6.07, 6.45) is 3.55. The molecule has 4 rings (SSSR count). The minimum absolute atomic E-state index is 0.152. The highest BCUT2D eigenvalue weighted by atomic mass is 35.5. The van der Waals surface area contributed by atoms with Crippen LogP contribution < -0.4 is 5.32 Å². The van der Waals surface area contributed by atoms with Crippen LogP contribution in [0.4, 0.5) is 0 Å². The van der Waals surface area contributed by atoms with E-state index in [4.69, 9.17) is 11.6 Å². The van der Waals surface area contributed by atoms with Gasteiger partial charge in [-0.2, -0.15) is 4.31 Å². The molecule has 1 N–H and O–H groups in total. The molecular formula is C32H38ClN3O4S. The normalized spacial score (nSPS) is 14.5. The number of carbonyl (C=O) groups is 2. The van der Waals surface area contributed by atoms with Crippen molar-refractivity contribution in [3.8, 4) is 0 Å². The van der Waals surface area contributed by atoms with Gasteiger partial charge in [0, 0.05) is 44.0 Å². The molecule has 3 aromatic rings. The van der Waals surface area contributed by atoms with E-state index >= 15 is 0 Å². The number of nitrogens with zero attached hydrogens (tertiary/aromatic N) is 2. The molecule has 0 aliphatic carbocycles. The predicted octanol–water partition coefficient (Wildman–Crippen LogP) is 5.22. The zero-order valence-electron chi connectivity index (χ0n) is 23.5. The summed E-state index contributed by atoms with van der Waals surface area (Å²) < 4.78 is 27.3. The second-order valence-corrected chi connectivity index (χ2v) is 12.8. The standard InChI is InChI=1S/C32H38ClN3O4S/c1-2-20-34-32(38)30(23-26-8-4-3-5-9-26)36(24-27-10-15-28(33)16-11-27)31(37)19-14-25-12-17-29(18-13-25)41(39,40)35-21-6-7-22-35/h3-5,8-13,15-18,30H,2,6-7,14,19-24H2,1H3,(H,34,38)/t30-/m1/s1. The molecule has 3 aromatic carbocycles. The minimum atomic E-state index is -3.49. The number of hydrogen-bond donors (Lipinski definition) is 1. The molecule has 218 valence electrons. The van der Waals surface area contributed by atoms with E-state index in [0.29, 0.717) is 37.5 Å². The number of sulfonamides is 1. The number of hydrogen-bond acceptors (Lipinski definition) is 4. The van der Waals surface area contributed by atoms with Gasteiger partial charge in [0.05, 0.1) is 4.90 Å². The van der Waals surface area contributed by atoms with Gasteiger partial charge in [-0.3, -0.25) is 9.59 Å². The van der Waals surface area contributed by atoms with Gasteiger partial charge in [-0.1, -0.05) is 73.1 Å². The summed E-state index contributed by atoms with van der Waals surface area (Å²) in [7, 11) is -3.49. The fourth-order valence-corrected chi connectivity index (χ4v) is 6.65. The van der Waals surface area contributed by atoms with Gasteiger partial charge in [0.15, 0.2) is 0 Å². The van der Waals surface area contributed by atoms with Crippen molar-refractivity contribution < 1.29 is 18.0 Å². The molecule has 7 nitrogen and oxygen atoms in total. The first-order valence-corrected chi connectivity index (χ1v) is 16.0. The summed E-state index contributed by atoms with van der Waals surface area (Å²) in [6, 6.07) is 23.1. The summed E-state index contributed by atoms with van der Waals surface area (Å²) in [5.41, 5.74) is 2.70. The highest BCUT2D eigenvalue weighted by molar-refractivity contribution is 7.89.